The van der Waals surface area contributed by atoms with E-state index in [1.54, 1.807) is 12.1 Å². The van der Waals surface area contributed by atoms with Crippen molar-refractivity contribution < 1.29 is 28.8 Å². The summed E-state index contributed by atoms with van der Waals surface area (Å²) in [6, 6.07) is 5.83. The Labute approximate surface area is 147 Å². The van der Waals surface area contributed by atoms with Crippen molar-refractivity contribution in [3.63, 3.8) is 0 Å². The Hall–Kier alpha value is -1.74. The highest BCUT2D eigenvalue weighted by molar-refractivity contribution is 7.99. The fraction of sp³-hybridized carbons (Fsp3) is 0.353. The van der Waals surface area contributed by atoms with Gasteiger partial charge in [-0.15, -0.1) is 11.8 Å². The second kappa shape index (κ2) is 7.25. The Morgan fingerprint density at radius 2 is 1.88 bits per heavy atom. The predicted octanol–water partition coefficient (Wildman–Crippen LogP) is 1.87. The fourth-order valence-electron chi connectivity index (χ4n) is 2.46. The molecule has 25 heavy (non-hydrogen) atoms. The first-order valence-electron chi connectivity index (χ1n) is 7.61. The summed E-state index contributed by atoms with van der Waals surface area (Å²) < 4.78 is 33.4. The Kier molecular flexibility index (Phi) is 5.24. The van der Waals surface area contributed by atoms with Gasteiger partial charge in [0, 0.05) is 23.2 Å². The Balaban J connectivity index is 1.89. The van der Waals surface area contributed by atoms with Gasteiger partial charge in [-0.2, -0.15) is 4.39 Å². The van der Waals surface area contributed by atoms with Crippen LogP contribution in [-0.4, -0.2) is 49.8 Å². The van der Waals surface area contributed by atoms with Gasteiger partial charge in [-0.1, -0.05) is 6.07 Å². The molecule has 4 atom stereocenters. The second-order valence-electron chi connectivity index (χ2n) is 5.83. The lowest BCUT2D eigenvalue weighted by atomic mass is 10.1. The summed E-state index contributed by atoms with van der Waals surface area (Å²) >= 11 is 1.01. The van der Waals surface area contributed by atoms with Crippen molar-refractivity contribution in [2.24, 2.45) is 0 Å². The first-order valence-corrected chi connectivity index (χ1v) is 8.66. The Bertz CT molecular complexity index is 759. The van der Waals surface area contributed by atoms with E-state index < -0.39 is 35.4 Å². The van der Waals surface area contributed by atoms with E-state index in [1.807, 2.05) is 6.92 Å². The number of rotatable bonds is 3. The first kappa shape index (κ1) is 18.1. The number of pyridine rings is 1. The third kappa shape index (κ3) is 3.77. The van der Waals surface area contributed by atoms with E-state index >= 15 is 0 Å². The van der Waals surface area contributed by atoms with Crippen LogP contribution in [0.1, 0.15) is 5.69 Å². The third-order valence-corrected chi connectivity index (χ3v) is 5.17. The molecule has 0 bridgehead atoms. The minimum absolute atomic E-state index is 0.106. The standard InChI is InChI=1S/C17H17F2NO4S/c1-8-2-3-9(6-20-8)10-4-11(18)14(19)13(5-10)24-17-16(23)15(22)12(21)7-25-17/h2-6,12,15-17,21-23H,7H2,1H3/t12-,15+,16-,17+/m1/s1. The van der Waals surface area contributed by atoms with Gasteiger partial charge in [0.15, 0.2) is 17.0 Å². The molecule has 3 N–H and O–H groups in total. The number of aryl methyl sites for hydroxylation is 1. The van der Waals surface area contributed by atoms with E-state index in [4.69, 9.17) is 4.74 Å². The van der Waals surface area contributed by atoms with E-state index in [0.29, 0.717) is 11.1 Å². The molecule has 0 spiro atoms. The third-order valence-electron chi connectivity index (χ3n) is 3.94. The van der Waals surface area contributed by atoms with Gasteiger partial charge in [-0.05, 0) is 30.7 Å². The molecule has 1 fully saturated rings. The number of hydrogen-bond donors (Lipinski definition) is 3. The zero-order chi connectivity index (χ0) is 18.1. The molecule has 2 aromatic rings. The molecule has 2 heterocycles. The molecule has 0 saturated carbocycles. The number of benzene rings is 1. The van der Waals surface area contributed by atoms with E-state index in [1.165, 1.54) is 12.3 Å². The first-order chi connectivity index (χ1) is 11.9. The van der Waals surface area contributed by atoms with Crippen LogP contribution in [0.15, 0.2) is 30.5 Å². The van der Waals surface area contributed by atoms with Crippen molar-refractivity contribution in [1.82, 2.24) is 4.98 Å². The molecule has 0 unspecified atom stereocenters. The molecule has 8 heteroatoms. The van der Waals surface area contributed by atoms with Crippen molar-refractivity contribution in [2.45, 2.75) is 30.7 Å². The number of aliphatic hydroxyl groups excluding tert-OH is 3. The summed E-state index contributed by atoms with van der Waals surface area (Å²) in [5.74, 6) is -2.55. The van der Waals surface area contributed by atoms with Crippen LogP contribution < -0.4 is 4.74 Å². The zero-order valence-corrected chi connectivity index (χ0v) is 14.1. The largest absolute Gasteiger partial charge is 0.474 e. The van der Waals surface area contributed by atoms with Crippen LogP contribution in [0.3, 0.4) is 0 Å². The molecule has 0 radical (unpaired) electrons. The summed E-state index contributed by atoms with van der Waals surface area (Å²) in [7, 11) is 0. The van der Waals surface area contributed by atoms with Gasteiger partial charge in [0.2, 0.25) is 5.82 Å². The van der Waals surface area contributed by atoms with Crippen LogP contribution in [0.2, 0.25) is 0 Å². The predicted molar refractivity (Wildman–Crippen MR) is 89.2 cm³/mol. The second-order valence-corrected chi connectivity index (χ2v) is 6.96. The molecule has 1 aromatic carbocycles. The van der Waals surface area contributed by atoms with Crippen molar-refractivity contribution in [3.05, 3.63) is 47.8 Å². The normalized spacial score (nSPS) is 26.5. The lowest BCUT2D eigenvalue weighted by Crippen LogP contribution is -2.50. The van der Waals surface area contributed by atoms with Crippen LogP contribution in [0.4, 0.5) is 8.78 Å². The van der Waals surface area contributed by atoms with E-state index in [9.17, 15) is 24.1 Å². The summed E-state index contributed by atoms with van der Waals surface area (Å²) in [6.07, 6.45) is -2.41. The van der Waals surface area contributed by atoms with Crippen molar-refractivity contribution >= 4 is 11.8 Å². The molecule has 1 aliphatic rings. The Morgan fingerprint density at radius 3 is 2.56 bits per heavy atom. The minimum atomic E-state index is -1.43. The van der Waals surface area contributed by atoms with Gasteiger partial charge in [0.1, 0.15) is 12.2 Å². The lowest BCUT2D eigenvalue weighted by Gasteiger charge is -2.34. The van der Waals surface area contributed by atoms with Crippen molar-refractivity contribution in [2.75, 3.05) is 5.75 Å². The molecular formula is C17H17F2NO4S. The summed E-state index contributed by atoms with van der Waals surface area (Å²) in [5, 5.41) is 29.2. The average molecular weight is 369 g/mol. The maximum absolute atomic E-state index is 14.1. The number of aliphatic hydroxyl groups is 3. The van der Waals surface area contributed by atoms with Gasteiger partial charge in [0.05, 0.1) is 6.10 Å². The highest BCUT2D eigenvalue weighted by Gasteiger charge is 2.39. The van der Waals surface area contributed by atoms with Crippen LogP contribution >= 0.6 is 11.8 Å². The van der Waals surface area contributed by atoms with Crippen molar-refractivity contribution in [1.29, 1.82) is 0 Å². The fourth-order valence-corrected chi connectivity index (χ4v) is 3.58. The molecule has 3 rings (SSSR count). The van der Waals surface area contributed by atoms with Gasteiger partial charge in [-0.3, -0.25) is 4.98 Å². The highest BCUT2D eigenvalue weighted by atomic mass is 32.2. The van der Waals surface area contributed by atoms with Gasteiger partial charge >= 0.3 is 0 Å². The minimum Gasteiger partial charge on any atom is -0.474 e. The van der Waals surface area contributed by atoms with Gasteiger partial charge in [0.25, 0.3) is 0 Å². The number of aromatic nitrogens is 1. The molecule has 0 aliphatic carbocycles. The maximum Gasteiger partial charge on any atom is 0.200 e. The SMILES string of the molecule is Cc1ccc(-c2cc(F)c(F)c(O[C@H]3SC[C@@H](O)[C@H](O)[C@H]3O)c2)cn1. The van der Waals surface area contributed by atoms with Gasteiger partial charge in [-0.25, -0.2) is 4.39 Å². The molecule has 134 valence electrons. The van der Waals surface area contributed by atoms with Crippen LogP contribution in [0.25, 0.3) is 11.1 Å². The summed E-state index contributed by atoms with van der Waals surface area (Å²) in [5.41, 5.74) is 0.717. The van der Waals surface area contributed by atoms with Crippen molar-refractivity contribution in [3.8, 4) is 16.9 Å². The summed E-state index contributed by atoms with van der Waals surface area (Å²) in [4.78, 5) is 4.12. The smallest absolute Gasteiger partial charge is 0.200 e. The monoisotopic (exact) mass is 369 g/mol. The van der Waals surface area contributed by atoms with Gasteiger partial charge < -0.3 is 20.1 Å². The molecular weight excluding hydrogens is 352 g/mol. The lowest BCUT2D eigenvalue weighted by molar-refractivity contribution is -0.0790. The number of nitrogens with zero attached hydrogens (tertiary/aromatic N) is 1. The quantitative estimate of drug-likeness (QED) is 0.766. The topological polar surface area (TPSA) is 82.8 Å². The molecule has 1 aliphatic heterocycles. The number of halogens is 2. The molecule has 5 nitrogen and oxygen atoms in total. The van der Waals surface area contributed by atoms with E-state index in [0.717, 1.165) is 23.5 Å². The highest BCUT2D eigenvalue weighted by Crippen LogP contribution is 2.33. The summed E-state index contributed by atoms with van der Waals surface area (Å²) in [6.45, 7) is 1.81. The van der Waals surface area contributed by atoms with Crippen LogP contribution in [-0.2, 0) is 0 Å². The zero-order valence-electron chi connectivity index (χ0n) is 13.3. The molecule has 1 aromatic heterocycles. The Morgan fingerprint density at radius 1 is 1.12 bits per heavy atom. The number of thioether (sulfide) groups is 1. The molecule has 0 amide bonds. The van der Waals surface area contributed by atoms with Crippen LogP contribution in [0.5, 0.6) is 5.75 Å². The number of hydrogen-bond acceptors (Lipinski definition) is 6. The van der Waals surface area contributed by atoms with Crippen LogP contribution in [0, 0.1) is 18.6 Å². The number of ether oxygens (including phenoxy) is 1. The maximum atomic E-state index is 14.1. The average Bonchev–Trinajstić information content (AvgIpc) is 2.59. The van der Waals surface area contributed by atoms with E-state index in [-0.39, 0.29) is 11.5 Å². The van der Waals surface area contributed by atoms with E-state index in [2.05, 4.69) is 4.98 Å². The molecule has 1 saturated heterocycles.